The van der Waals surface area contributed by atoms with E-state index in [-0.39, 0.29) is 0 Å². The zero-order chi connectivity index (χ0) is 12.2. The Morgan fingerprint density at radius 2 is 0.833 bits per heavy atom. The minimum Gasteiger partial charge on any atom is -0.225 e. The Morgan fingerprint density at radius 3 is 1.17 bits per heavy atom. The number of rotatable bonds is 2. The van der Waals surface area contributed by atoms with Crippen molar-refractivity contribution in [3.8, 4) is 22.8 Å². The molecule has 0 radical (unpaired) electrons. The van der Waals surface area contributed by atoms with Crippen molar-refractivity contribution < 1.29 is 0 Å². The molecule has 0 aliphatic heterocycles. The predicted molar refractivity (Wildman–Crippen MR) is 64.1 cm³/mol. The number of nitrogens with zero attached hydrogens (tertiary/aromatic N) is 6. The molecule has 18 heavy (non-hydrogen) atoms. The number of hydrogen-bond donors (Lipinski definition) is 0. The van der Waals surface area contributed by atoms with Crippen molar-refractivity contribution in [1.82, 2.24) is 29.9 Å². The molecule has 0 aliphatic carbocycles. The first kappa shape index (κ1) is 10.4. The molecule has 86 valence electrons. The van der Waals surface area contributed by atoms with Gasteiger partial charge in [0, 0.05) is 11.1 Å². The molecule has 0 saturated carbocycles. The van der Waals surface area contributed by atoms with Gasteiger partial charge in [-0.2, -0.15) is 0 Å². The summed E-state index contributed by atoms with van der Waals surface area (Å²) < 4.78 is 0. The van der Waals surface area contributed by atoms with Gasteiger partial charge in [0.25, 0.3) is 0 Å². The normalized spacial score (nSPS) is 10.2. The van der Waals surface area contributed by atoms with Crippen LogP contribution in [0.3, 0.4) is 0 Å². The van der Waals surface area contributed by atoms with Gasteiger partial charge in [-0.15, -0.1) is 0 Å². The summed E-state index contributed by atoms with van der Waals surface area (Å²) in [5, 5.41) is 0. The Balaban J connectivity index is 1.95. The second kappa shape index (κ2) is 4.62. The molecular weight excluding hydrogens is 228 g/mol. The monoisotopic (exact) mass is 236 g/mol. The van der Waals surface area contributed by atoms with Crippen LogP contribution in [0.15, 0.2) is 49.6 Å². The average molecular weight is 236 g/mol. The molecule has 3 aromatic rings. The van der Waals surface area contributed by atoms with Crippen LogP contribution in [0.1, 0.15) is 0 Å². The molecule has 3 rings (SSSR count). The van der Waals surface area contributed by atoms with Crippen LogP contribution in [0.2, 0.25) is 0 Å². The Kier molecular flexibility index (Phi) is 2.67. The van der Waals surface area contributed by atoms with Crippen LogP contribution in [-0.2, 0) is 0 Å². The molecule has 0 fully saturated rings. The minimum absolute atomic E-state index is 0.646. The largest absolute Gasteiger partial charge is 0.225 e. The van der Waals surface area contributed by atoms with Gasteiger partial charge in [0.1, 0.15) is 25.3 Å². The Morgan fingerprint density at radius 1 is 0.500 bits per heavy atom. The summed E-state index contributed by atoms with van der Waals surface area (Å²) in [6.07, 6.45) is 5.90. The standard InChI is InChI=1S/C12H8N6/c1-2-10(12-17-7-14-8-18-12)4-3-9(1)11-15-5-13-6-16-11/h1-8H. The van der Waals surface area contributed by atoms with Crippen molar-refractivity contribution in [3.63, 3.8) is 0 Å². The summed E-state index contributed by atoms with van der Waals surface area (Å²) in [4.78, 5) is 23.9. The quantitative estimate of drug-likeness (QED) is 0.669. The molecule has 1 aromatic carbocycles. The molecule has 0 atom stereocenters. The van der Waals surface area contributed by atoms with E-state index in [0.717, 1.165) is 11.1 Å². The van der Waals surface area contributed by atoms with Gasteiger partial charge < -0.3 is 0 Å². The van der Waals surface area contributed by atoms with Gasteiger partial charge in [0.05, 0.1) is 0 Å². The van der Waals surface area contributed by atoms with Crippen LogP contribution in [0, 0.1) is 0 Å². The lowest BCUT2D eigenvalue weighted by molar-refractivity contribution is 1.05. The Hall–Kier alpha value is -2.76. The summed E-state index contributed by atoms with van der Waals surface area (Å²) in [5.74, 6) is 1.29. The van der Waals surface area contributed by atoms with Crippen LogP contribution in [0.5, 0.6) is 0 Å². The van der Waals surface area contributed by atoms with Gasteiger partial charge in [0.2, 0.25) is 0 Å². The van der Waals surface area contributed by atoms with Crippen LogP contribution in [0.4, 0.5) is 0 Å². The summed E-state index contributed by atoms with van der Waals surface area (Å²) in [6.45, 7) is 0. The van der Waals surface area contributed by atoms with Gasteiger partial charge in [-0.25, -0.2) is 29.9 Å². The summed E-state index contributed by atoms with van der Waals surface area (Å²) >= 11 is 0. The van der Waals surface area contributed by atoms with E-state index >= 15 is 0 Å². The van der Waals surface area contributed by atoms with Gasteiger partial charge in [-0.1, -0.05) is 24.3 Å². The van der Waals surface area contributed by atoms with E-state index in [1.165, 1.54) is 25.3 Å². The molecule has 0 spiro atoms. The molecular formula is C12H8N6. The first-order chi connectivity index (χ1) is 8.93. The SMILES string of the molecule is c1ncnc(-c2ccc(-c3ncncn3)cc2)n1. The third-order valence-corrected chi connectivity index (χ3v) is 2.39. The smallest absolute Gasteiger partial charge is 0.162 e. The van der Waals surface area contributed by atoms with Gasteiger partial charge in [0.15, 0.2) is 11.6 Å². The first-order valence-electron chi connectivity index (χ1n) is 5.28. The highest BCUT2D eigenvalue weighted by atomic mass is 15.0. The topological polar surface area (TPSA) is 77.3 Å². The zero-order valence-corrected chi connectivity index (χ0v) is 9.30. The van der Waals surface area contributed by atoms with Crippen molar-refractivity contribution in [2.24, 2.45) is 0 Å². The van der Waals surface area contributed by atoms with Crippen molar-refractivity contribution in [3.05, 3.63) is 49.6 Å². The lowest BCUT2D eigenvalue weighted by atomic mass is 10.1. The molecule has 2 heterocycles. The Bertz CT molecular complexity index is 565. The van der Waals surface area contributed by atoms with Crippen LogP contribution >= 0.6 is 0 Å². The molecule has 0 aliphatic rings. The molecule has 0 saturated heterocycles. The molecule has 0 N–H and O–H groups in total. The lowest BCUT2D eigenvalue weighted by Crippen LogP contribution is -1.91. The first-order valence-corrected chi connectivity index (χ1v) is 5.28. The van der Waals surface area contributed by atoms with Crippen molar-refractivity contribution in [2.75, 3.05) is 0 Å². The fourth-order valence-electron chi connectivity index (χ4n) is 1.54. The highest BCUT2D eigenvalue weighted by Crippen LogP contribution is 2.19. The summed E-state index contributed by atoms with van der Waals surface area (Å²) in [5.41, 5.74) is 1.85. The number of hydrogen-bond acceptors (Lipinski definition) is 6. The van der Waals surface area contributed by atoms with E-state index in [0.29, 0.717) is 11.6 Å². The average Bonchev–Trinajstić information content (AvgIpc) is 2.49. The van der Waals surface area contributed by atoms with E-state index < -0.39 is 0 Å². The zero-order valence-electron chi connectivity index (χ0n) is 9.30. The fourth-order valence-corrected chi connectivity index (χ4v) is 1.54. The lowest BCUT2D eigenvalue weighted by Gasteiger charge is -2.01. The highest BCUT2D eigenvalue weighted by molar-refractivity contribution is 5.62. The molecule has 2 aromatic heterocycles. The Labute approximate surface area is 103 Å². The van der Waals surface area contributed by atoms with Gasteiger partial charge in [-0.05, 0) is 0 Å². The highest BCUT2D eigenvalue weighted by Gasteiger charge is 2.03. The summed E-state index contributed by atoms with van der Waals surface area (Å²) in [6, 6.07) is 7.70. The van der Waals surface area contributed by atoms with E-state index in [2.05, 4.69) is 29.9 Å². The second-order valence-electron chi connectivity index (χ2n) is 3.50. The van der Waals surface area contributed by atoms with E-state index in [1.807, 2.05) is 24.3 Å². The van der Waals surface area contributed by atoms with E-state index in [9.17, 15) is 0 Å². The fraction of sp³-hybridized carbons (Fsp3) is 0. The van der Waals surface area contributed by atoms with Crippen molar-refractivity contribution in [1.29, 1.82) is 0 Å². The minimum atomic E-state index is 0.646. The maximum absolute atomic E-state index is 4.09. The third-order valence-electron chi connectivity index (χ3n) is 2.39. The molecule has 0 amide bonds. The molecule has 6 heteroatoms. The van der Waals surface area contributed by atoms with Crippen LogP contribution in [0.25, 0.3) is 22.8 Å². The van der Waals surface area contributed by atoms with E-state index in [1.54, 1.807) is 0 Å². The maximum atomic E-state index is 4.09. The number of aromatic nitrogens is 6. The molecule has 6 nitrogen and oxygen atoms in total. The third kappa shape index (κ3) is 2.03. The number of benzene rings is 1. The van der Waals surface area contributed by atoms with Crippen LogP contribution in [-0.4, -0.2) is 29.9 Å². The predicted octanol–water partition coefficient (Wildman–Crippen LogP) is 1.39. The van der Waals surface area contributed by atoms with Crippen LogP contribution < -0.4 is 0 Å². The second-order valence-corrected chi connectivity index (χ2v) is 3.50. The van der Waals surface area contributed by atoms with E-state index in [4.69, 9.17) is 0 Å². The maximum Gasteiger partial charge on any atom is 0.162 e. The van der Waals surface area contributed by atoms with Crippen molar-refractivity contribution in [2.45, 2.75) is 0 Å². The summed E-state index contributed by atoms with van der Waals surface area (Å²) in [7, 11) is 0. The molecule has 0 bridgehead atoms. The van der Waals surface area contributed by atoms with Crippen molar-refractivity contribution >= 4 is 0 Å². The molecule has 0 unspecified atom stereocenters. The van der Waals surface area contributed by atoms with Gasteiger partial charge >= 0.3 is 0 Å². The van der Waals surface area contributed by atoms with Gasteiger partial charge in [-0.3, -0.25) is 0 Å².